The van der Waals surface area contributed by atoms with Gasteiger partial charge in [0.1, 0.15) is 0 Å². The Bertz CT molecular complexity index is 518. The van der Waals surface area contributed by atoms with E-state index in [-0.39, 0.29) is 30.7 Å². The highest BCUT2D eigenvalue weighted by molar-refractivity contribution is 5.92. The first kappa shape index (κ1) is 18.4. The molecule has 6 nitrogen and oxygen atoms in total. The summed E-state index contributed by atoms with van der Waals surface area (Å²) < 4.78 is 1.62. The van der Waals surface area contributed by atoms with Gasteiger partial charge < -0.3 is 10.6 Å². The summed E-state index contributed by atoms with van der Waals surface area (Å²) in [5.74, 6) is 0.561. The molecule has 2 aromatic rings. The van der Waals surface area contributed by atoms with Crippen molar-refractivity contribution in [2.24, 2.45) is 0 Å². The molecule has 0 aliphatic heterocycles. The summed E-state index contributed by atoms with van der Waals surface area (Å²) in [5.41, 5.74) is 0.655. The number of hydrogen-bond acceptors (Lipinski definition) is 4. The molecule has 0 saturated heterocycles. The number of carbonyl (C=O) groups is 1. The van der Waals surface area contributed by atoms with E-state index >= 15 is 0 Å². The van der Waals surface area contributed by atoms with Crippen LogP contribution in [0.5, 0.6) is 0 Å². The predicted molar refractivity (Wildman–Crippen MR) is 83.0 cm³/mol. The minimum atomic E-state index is -0.0502. The Morgan fingerprint density at radius 3 is 2.75 bits per heavy atom. The SMILES string of the molecule is CNCCC(=O)Nc1cccnc1-n1cccn1.Cl.Cl. The molecule has 0 radical (unpaired) electrons. The summed E-state index contributed by atoms with van der Waals surface area (Å²) in [6.07, 6.45) is 5.54. The molecule has 0 aromatic carbocycles. The molecule has 0 bridgehead atoms. The Morgan fingerprint density at radius 2 is 2.10 bits per heavy atom. The Labute approximate surface area is 129 Å². The topological polar surface area (TPSA) is 71.8 Å². The van der Waals surface area contributed by atoms with Gasteiger partial charge in [-0.2, -0.15) is 5.10 Å². The molecule has 20 heavy (non-hydrogen) atoms. The molecule has 2 N–H and O–H groups in total. The van der Waals surface area contributed by atoms with Gasteiger partial charge in [-0.3, -0.25) is 4.79 Å². The van der Waals surface area contributed by atoms with Crippen molar-refractivity contribution in [1.29, 1.82) is 0 Å². The van der Waals surface area contributed by atoms with E-state index in [9.17, 15) is 4.79 Å². The lowest BCUT2D eigenvalue weighted by Crippen LogP contribution is -2.19. The van der Waals surface area contributed by atoms with Crippen LogP contribution in [0.15, 0.2) is 36.8 Å². The first-order chi connectivity index (χ1) is 8.81. The lowest BCUT2D eigenvalue weighted by Gasteiger charge is -2.09. The van der Waals surface area contributed by atoms with E-state index in [4.69, 9.17) is 0 Å². The second-order valence-corrected chi connectivity index (χ2v) is 3.73. The van der Waals surface area contributed by atoms with Crippen LogP contribution in [-0.2, 0) is 4.79 Å². The van der Waals surface area contributed by atoms with Gasteiger partial charge in [0.15, 0.2) is 5.82 Å². The fourth-order valence-corrected chi connectivity index (χ4v) is 1.52. The quantitative estimate of drug-likeness (QED) is 0.879. The predicted octanol–water partition coefficient (Wildman–Crippen LogP) is 1.66. The zero-order valence-corrected chi connectivity index (χ0v) is 12.6. The number of pyridine rings is 1. The molecular formula is C12H17Cl2N5O. The summed E-state index contributed by atoms with van der Waals surface area (Å²) >= 11 is 0. The number of aromatic nitrogens is 3. The molecule has 0 saturated carbocycles. The van der Waals surface area contributed by atoms with Gasteiger partial charge in [0.25, 0.3) is 0 Å². The van der Waals surface area contributed by atoms with Crippen molar-refractivity contribution in [3.63, 3.8) is 0 Å². The summed E-state index contributed by atoms with van der Waals surface area (Å²) in [6.45, 7) is 0.642. The van der Waals surface area contributed by atoms with Gasteiger partial charge in [-0.1, -0.05) is 0 Å². The highest BCUT2D eigenvalue weighted by atomic mass is 35.5. The zero-order chi connectivity index (χ0) is 12.8. The van der Waals surface area contributed by atoms with Crippen LogP contribution in [0.25, 0.3) is 5.82 Å². The van der Waals surface area contributed by atoms with Crippen LogP contribution >= 0.6 is 24.8 Å². The third-order valence-electron chi connectivity index (χ3n) is 2.38. The van der Waals surface area contributed by atoms with Gasteiger partial charge in [-0.15, -0.1) is 24.8 Å². The molecule has 0 aliphatic rings. The third-order valence-corrected chi connectivity index (χ3v) is 2.38. The van der Waals surface area contributed by atoms with E-state index in [0.29, 0.717) is 24.5 Å². The van der Waals surface area contributed by atoms with E-state index in [1.54, 1.807) is 41.5 Å². The number of nitrogens with zero attached hydrogens (tertiary/aromatic N) is 3. The van der Waals surface area contributed by atoms with Crippen LogP contribution in [0.1, 0.15) is 6.42 Å². The molecule has 2 aromatic heterocycles. The summed E-state index contributed by atoms with van der Waals surface area (Å²) in [5, 5.41) is 9.87. The fourth-order valence-electron chi connectivity index (χ4n) is 1.52. The summed E-state index contributed by atoms with van der Waals surface area (Å²) in [6, 6.07) is 5.39. The zero-order valence-electron chi connectivity index (χ0n) is 10.9. The molecule has 2 heterocycles. The lowest BCUT2D eigenvalue weighted by molar-refractivity contribution is -0.116. The third kappa shape index (κ3) is 4.80. The maximum Gasteiger partial charge on any atom is 0.225 e. The molecule has 0 aliphatic carbocycles. The number of amides is 1. The second kappa shape index (κ2) is 9.30. The molecule has 2 rings (SSSR count). The summed E-state index contributed by atoms with van der Waals surface area (Å²) in [4.78, 5) is 15.9. The van der Waals surface area contributed by atoms with Gasteiger partial charge in [0, 0.05) is 31.6 Å². The van der Waals surface area contributed by atoms with Crippen molar-refractivity contribution in [3.05, 3.63) is 36.8 Å². The fraction of sp³-hybridized carbons (Fsp3) is 0.250. The second-order valence-electron chi connectivity index (χ2n) is 3.73. The van der Waals surface area contributed by atoms with Crippen molar-refractivity contribution < 1.29 is 4.79 Å². The molecule has 0 spiro atoms. The lowest BCUT2D eigenvalue weighted by atomic mass is 10.3. The average molecular weight is 318 g/mol. The van der Waals surface area contributed by atoms with Crippen molar-refractivity contribution >= 4 is 36.4 Å². The highest BCUT2D eigenvalue weighted by Crippen LogP contribution is 2.16. The monoisotopic (exact) mass is 317 g/mol. The minimum Gasteiger partial charge on any atom is -0.323 e. The molecular weight excluding hydrogens is 301 g/mol. The summed E-state index contributed by atoms with van der Waals surface area (Å²) in [7, 11) is 1.81. The van der Waals surface area contributed by atoms with Crippen LogP contribution < -0.4 is 10.6 Å². The van der Waals surface area contributed by atoms with Crippen LogP contribution in [0.2, 0.25) is 0 Å². The number of carbonyl (C=O) groups excluding carboxylic acids is 1. The van der Waals surface area contributed by atoms with E-state index in [1.165, 1.54) is 0 Å². The van der Waals surface area contributed by atoms with Crippen molar-refractivity contribution in [2.45, 2.75) is 6.42 Å². The van der Waals surface area contributed by atoms with Gasteiger partial charge in [-0.25, -0.2) is 9.67 Å². The number of anilines is 1. The number of rotatable bonds is 5. The average Bonchev–Trinajstić information content (AvgIpc) is 2.91. The maximum absolute atomic E-state index is 11.7. The van der Waals surface area contributed by atoms with Crippen LogP contribution in [0.3, 0.4) is 0 Å². The molecule has 1 amide bonds. The first-order valence-corrected chi connectivity index (χ1v) is 5.71. The Morgan fingerprint density at radius 1 is 1.30 bits per heavy atom. The number of nitrogens with one attached hydrogen (secondary N) is 2. The van der Waals surface area contributed by atoms with E-state index in [0.717, 1.165) is 0 Å². The van der Waals surface area contributed by atoms with Gasteiger partial charge >= 0.3 is 0 Å². The van der Waals surface area contributed by atoms with Crippen LogP contribution in [0.4, 0.5) is 5.69 Å². The minimum absolute atomic E-state index is 0. The number of halogens is 2. The molecule has 8 heteroatoms. The van der Waals surface area contributed by atoms with Crippen LogP contribution in [-0.4, -0.2) is 34.3 Å². The normalized spacial score (nSPS) is 9.25. The van der Waals surface area contributed by atoms with Crippen molar-refractivity contribution in [2.75, 3.05) is 18.9 Å². The maximum atomic E-state index is 11.7. The molecule has 0 atom stereocenters. The van der Waals surface area contributed by atoms with Gasteiger partial charge in [-0.05, 0) is 25.2 Å². The van der Waals surface area contributed by atoms with Crippen LogP contribution in [0, 0.1) is 0 Å². The van der Waals surface area contributed by atoms with E-state index in [2.05, 4.69) is 20.7 Å². The molecule has 110 valence electrons. The smallest absolute Gasteiger partial charge is 0.225 e. The largest absolute Gasteiger partial charge is 0.323 e. The van der Waals surface area contributed by atoms with E-state index in [1.807, 2.05) is 7.05 Å². The van der Waals surface area contributed by atoms with Gasteiger partial charge in [0.05, 0.1) is 5.69 Å². The Kier molecular flexibility index (Phi) is 8.54. The number of hydrogen-bond donors (Lipinski definition) is 2. The van der Waals surface area contributed by atoms with Crippen molar-refractivity contribution in [3.8, 4) is 5.82 Å². The first-order valence-electron chi connectivity index (χ1n) is 5.71. The van der Waals surface area contributed by atoms with Crippen molar-refractivity contribution in [1.82, 2.24) is 20.1 Å². The molecule has 0 fully saturated rings. The highest BCUT2D eigenvalue weighted by Gasteiger charge is 2.08. The molecule has 0 unspecified atom stereocenters. The Balaban J connectivity index is 0.00000180. The van der Waals surface area contributed by atoms with E-state index < -0.39 is 0 Å². The standard InChI is InChI=1S/C12H15N5O.2ClH/c1-13-8-5-11(18)16-10-4-2-6-14-12(10)17-9-3-7-15-17;;/h2-4,6-7,9,13H,5,8H2,1H3,(H,16,18);2*1H. The van der Waals surface area contributed by atoms with Gasteiger partial charge in [0.2, 0.25) is 5.91 Å². The Hall–Kier alpha value is -1.63.